The Bertz CT molecular complexity index is 507. The fourth-order valence-electron chi connectivity index (χ4n) is 2.24. The third kappa shape index (κ3) is 4.60. The number of carbonyl (C=O) groups excluding carboxylic acids is 1. The second-order valence-corrected chi connectivity index (χ2v) is 5.22. The molecule has 0 aromatic heterocycles. The molecule has 1 aliphatic heterocycles. The van der Waals surface area contributed by atoms with E-state index in [9.17, 15) is 4.79 Å². The highest BCUT2D eigenvalue weighted by atomic mass is 32.1. The van der Waals surface area contributed by atoms with Crippen LogP contribution in [0.2, 0.25) is 0 Å². The van der Waals surface area contributed by atoms with Gasteiger partial charge >= 0.3 is 5.97 Å². The van der Waals surface area contributed by atoms with E-state index in [1.165, 1.54) is 7.11 Å². The molecule has 0 aliphatic carbocycles. The largest absolute Gasteiger partial charge is 0.493 e. The minimum atomic E-state index is -0.200. The highest BCUT2D eigenvalue weighted by Crippen LogP contribution is 2.31. The Morgan fingerprint density at radius 3 is 3.10 bits per heavy atom. The van der Waals surface area contributed by atoms with Crippen LogP contribution in [-0.2, 0) is 9.53 Å². The number of methoxy groups -OCH3 is 1. The molecule has 114 valence electrons. The molecule has 6 heteroatoms. The SMILES string of the molecule is COC(=O)CCCNC(=S)N[C@@H]1CCOc2ccccc21. The molecule has 0 saturated heterocycles. The predicted molar refractivity (Wildman–Crippen MR) is 84.3 cm³/mol. The van der Waals surface area contributed by atoms with Crippen LogP contribution in [0.3, 0.4) is 0 Å². The van der Waals surface area contributed by atoms with E-state index in [0.717, 1.165) is 17.7 Å². The van der Waals surface area contributed by atoms with Gasteiger partial charge in [0.25, 0.3) is 0 Å². The van der Waals surface area contributed by atoms with Crippen molar-refractivity contribution in [2.24, 2.45) is 0 Å². The van der Waals surface area contributed by atoms with E-state index >= 15 is 0 Å². The van der Waals surface area contributed by atoms with Crippen molar-refractivity contribution >= 4 is 23.3 Å². The fraction of sp³-hybridized carbons (Fsp3) is 0.467. The number of ether oxygens (including phenoxy) is 2. The Balaban J connectivity index is 1.77. The van der Waals surface area contributed by atoms with Crippen LogP contribution in [0.5, 0.6) is 5.75 Å². The molecule has 0 bridgehead atoms. The number of esters is 1. The number of thiocarbonyl (C=S) groups is 1. The molecule has 0 spiro atoms. The minimum absolute atomic E-state index is 0.163. The van der Waals surface area contributed by atoms with Crippen molar-refractivity contribution < 1.29 is 14.3 Å². The second kappa shape index (κ2) is 7.83. The van der Waals surface area contributed by atoms with E-state index in [-0.39, 0.29) is 12.0 Å². The lowest BCUT2D eigenvalue weighted by molar-refractivity contribution is -0.140. The van der Waals surface area contributed by atoms with Crippen molar-refractivity contribution in [2.75, 3.05) is 20.3 Å². The third-order valence-electron chi connectivity index (χ3n) is 3.33. The van der Waals surface area contributed by atoms with Gasteiger partial charge in [0.2, 0.25) is 0 Å². The number of para-hydroxylation sites is 1. The lowest BCUT2D eigenvalue weighted by Crippen LogP contribution is -2.39. The summed E-state index contributed by atoms with van der Waals surface area (Å²) < 4.78 is 10.2. The highest BCUT2D eigenvalue weighted by Gasteiger charge is 2.21. The fourth-order valence-corrected chi connectivity index (χ4v) is 2.48. The first-order valence-corrected chi connectivity index (χ1v) is 7.44. The monoisotopic (exact) mass is 308 g/mol. The topological polar surface area (TPSA) is 59.6 Å². The Morgan fingerprint density at radius 1 is 1.48 bits per heavy atom. The van der Waals surface area contributed by atoms with Crippen LogP contribution in [0.15, 0.2) is 24.3 Å². The average molecular weight is 308 g/mol. The summed E-state index contributed by atoms with van der Waals surface area (Å²) in [5.74, 6) is 0.712. The van der Waals surface area contributed by atoms with Crippen molar-refractivity contribution in [1.29, 1.82) is 0 Å². The number of nitrogens with one attached hydrogen (secondary N) is 2. The van der Waals surface area contributed by atoms with Crippen LogP contribution in [-0.4, -0.2) is 31.3 Å². The lowest BCUT2D eigenvalue weighted by Gasteiger charge is -2.27. The summed E-state index contributed by atoms with van der Waals surface area (Å²) in [6, 6.07) is 8.14. The van der Waals surface area contributed by atoms with E-state index in [0.29, 0.717) is 31.1 Å². The predicted octanol–water partition coefficient (Wildman–Crippen LogP) is 1.93. The van der Waals surface area contributed by atoms with Gasteiger partial charge in [0.15, 0.2) is 5.11 Å². The van der Waals surface area contributed by atoms with Gasteiger partial charge in [-0.1, -0.05) is 18.2 Å². The van der Waals surface area contributed by atoms with Crippen LogP contribution in [0.25, 0.3) is 0 Å². The summed E-state index contributed by atoms with van der Waals surface area (Å²) in [5.41, 5.74) is 1.13. The minimum Gasteiger partial charge on any atom is -0.493 e. The molecule has 5 nitrogen and oxygen atoms in total. The second-order valence-electron chi connectivity index (χ2n) is 4.81. The molecule has 0 saturated carbocycles. The number of rotatable bonds is 5. The first-order valence-electron chi connectivity index (χ1n) is 7.03. The molecular formula is C15H20N2O3S. The maximum absolute atomic E-state index is 11.0. The zero-order valence-corrected chi connectivity index (χ0v) is 12.9. The molecule has 0 fully saturated rings. The van der Waals surface area contributed by atoms with Gasteiger partial charge in [-0.15, -0.1) is 0 Å². The van der Waals surface area contributed by atoms with Crippen molar-refractivity contribution in [3.63, 3.8) is 0 Å². The van der Waals surface area contributed by atoms with E-state index in [1.54, 1.807) is 0 Å². The Kier molecular flexibility index (Phi) is 5.80. The van der Waals surface area contributed by atoms with Gasteiger partial charge in [0, 0.05) is 24.9 Å². The lowest BCUT2D eigenvalue weighted by atomic mass is 10.0. The molecule has 0 radical (unpaired) electrons. The van der Waals surface area contributed by atoms with Crippen molar-refractivity contribution in [3.05, 3.63) is 29.8 Å². The van der Waals surface area contributed by atoms with Gasteiger partial charge < -0.3 is 20.1 Å². The zero-order chi connectivity index (χ0) is 15.1. The summed E-state index contributed by atoms with van der Waals surface area (Å²) >= 11 is 5.29. The van der Waals surface area contributed by atoms with Crippen LogP contribution in [0.1, 0.15) is 30.9 Å². The quantitative estimate of drug-likeness (QED) is 0.492. The van der Waals surface area contributed by atoms with E-state index in [1.807, 2.05) is 24.3 Å². The number of fused-ring (bicyclic) bond motifs is 1. The molecule has 1 atom stereocenters. The van der Waals surface area contributed by atoms with E-state index in [4.69, 9.17) is 17.0 Å². The third-order valence-corrected chi connectivity index (χ3v) is 3.60. The van der Waals surface area contributed by atoms with Crippen LogP contribution < -0.4 is 15.4 Å². The summed E-state index contributed by atoms with van der Waals surface area (Å²) in [7, 11) is 1.39. The van der Waals surface area contributed by atoms with Gasteiger partial charge in [-0.3, -0.25) is 4.79 Å². The maximum Gasteiger partial charge on any atom is 0.305 e. The van der Waals surface area contributed by atoms with Crippen molar-refractivity contribution in [1.82, 2.24) is 10.6 Å². The molecule has 1 aliphatic rings. The Hall–Kier alpha value is -1.82. The molecular weight excluding hydrogens is 288 g/mol. The van der Waals surface area contributed by atoms with Crippen molar-refractivity contribution in [2.45, 2.75) is 25.3 Å². The first-order chi connectivity index (χ1) is 10.2. The number of hydrogen-bond donors (Lipinski definition) is 2. The van der Waals surface area contributed by atoms with Crippen LogP contribution >= 0.6 is 12.2 Å². The van der Waals surface area contributed by atoms with E-state index < -0.39 is 0 Å². The molecule has 0 unspecified atom stereocenters. The number of carbonyl (C=O) groups is 1. The zero-order valence-electron chi connectivity index (χ0n) is 12.1. The summed E-state index contributed by atoms with van der Waals surface area (Å²) in [6.07, 6.45) is 1.96. The van der Waals surface area contributed by atoms with E-state index in [2.05, 4.69) is 15.4 Å². The van der Waals surface area contributed by atoms with Gasteiger partial charge in [0.05, 0.1) is 19.8 Å². The molecule has 1 aromatic rings. The standard InChI is InChI=1S/C15H20N2O3S/c1-19-14(18)7-4-9-16-15(21)17-12-8-10-20-13-6-3-2-5-11(12)13/h2-3,5-6,12H,4,7-10H2,1H3,(H2,16,17,21)/t12-/m1/s1. The average Bonchev–Trinajstić information content (AvgIpc) is 2.51. The smallest absolute Gasteiger partial charge is 0.305 e. The molecule has 1 aromatic carbocycles. The van der Waals surface area contributed by atoms with Crippen LogP contribution in [0.4, 0.5) is 0 Å². The highest BCUT2D eigenvalue weighted by molar-refractivity contribution is 7.80. The molecule has 21 heavy (non-hydrogen) atoms. The number of hydrogen-bond acceptors (Lipinski definition) is 4. The maximum atomic E-state index is 11.0. The van der Waals surface area contributed by atoms with Gasteiger partial charge in [-0.25, -0.2) is 0 Å². The van der Waals surface area contributed by atoms with Gasteiger partial charge in [-0.2, -0.15) is 0 Å². The molecule has 2 N–H and O–H groups in total. The van der Waals surface area contributed by atoms with Gasteiger partial charge in [-0.05, 0) is 24.7 Å². The summed E-state index contributed by atoms with van der Waals surface area (Å²) in [5, 5.41) is 7.01. The van der Waals surface area contributed by atoms with Crippen molar-refractivity contribution in [3.8, 4) is 5.75 Å². The molecule has 1 heterocycles. The first kappa shape index (κ1) is 15.6. The molecule has 0 amide bonds. The summed E-state index contributed by atoms with van der Waals surface area (Å²) in [6.45, 7) is 1.32. The van der Waals surface area contributed by atoms with Gasteiger partial charge in [0.1, 0.15) is 5.75 Å². The normalized spacial score (nSPS) is 16.3. The summed E-state index contributed by atoms with van der Waals surface area (Å²) in [4.78, 5) is 11.0. The number of benzene rings is 1. The Labute approximate surface area is 130 Å². The Morgan fingerprint density at radius 2 is 2.29 bits per heavy atom. The molecule has 2 rings (SSSR count). The van der Waals surface area contributed by atoms with Crippen LogP contribution in [0, 0.1) is 0 Å².